The topological polar surface area (TPSA) is 80.9 Å². The predicted molar refractivity (Wildman–Crippen MR) is 85.0 cm³/mol. The summed E-state index contributed by atoms with van der Waals surface area (Å²) in [6, 6.07) is 4.64. The molecule has 0 radical (unpaired) electrons. The predicted octanol–water partition coefficient (Wildman–Crippen LogP) is 1.77. The second-order valence-corrected chi connectivity index (χ2v) is 6.21. The van der Waals surface area contributed by atoms with Gasteiger partial charge < -0.3 is 19.5 Å². The number of hydrogen-bond donors (Lipinski definition) is 2. The second kappa shape index (κ2) is 5.83. The van der Waals surface area contributed by atoms with Gasteiger partial charge in [0.1, 0.15) is 11.4 Å². The zero-order chi connectivity index (χ0) is 16.7. The smallest absolute Gasteiger partial charge is 0.497 e. The number of benzene rings is 1. The van der Waals surface area contributed by atoms with Gasteiger partial charge in [-0.15, -0.1) is 0 Å². The highest BCUT2D eigenvalue weighted by molar-refractivity contribution is 6.59. The van der Waals surface area contributed by atoms with Gasteiger partial charge in [-0.25, -0.2) is 4.79 Å². The number of hydrogen-bond acceptors (Lipinski definition) is 5. The zero-order valence-corrected chi connectivity index (χ0v) is 13.5. The van der Waals surface area contributed by atoms with E-state index in [1.165, 1.54) is 19.2 Å². The van der Waals surface area contributed by atoms with Gasteiger partial charge in [-0.1, -0.05) is 11.6 Å². The quantitative estimate of drug-likeness (QED) is 0.823. The standard InChI is InChI=1S/C14H17BClNO5/c1-14(2,3)22-13(18)17-11(15(19)20)6-8-5-9(21-4)7-10(16)12(8)17/h5-7,19-20H,1-4H3. The Morgan fingerprint density at radius 1 is 1.27 bits per heavy atom. The molecule has 1 aromatic heterocycles. The van der Waals surface area contributed by atoms with Crippen molar-refractivity contribution in [3.8, 4) is 5.75 Å². The Kier molecular flexibility index (Phi) is 4.42. The van der Waals surface area contributed by atoms with E-state index < -0.39 is 18.8 Å². The monoisotopic (exact) mass is 325 g/mol. The maximum atomic E-state index is 12.4. The van der Waals surface area contributed by atoms with E-state index in [4.69, 9.17) is 21.1 Å². The van der Waals surface area contributed by atoms with Crippen LogP contribution >= 0.6 is 11.6 Å². The lowest BCUT2D eigenvalue weighted by Crippen LogP contribution is -2.41. The van der Waals surface area contributed by atoms with Crippen LogP contribution in [0, 0.1) is 0 Å². The number of carbonyl (C=O) groups is 1. The third-order valence-electron chi connectivity index (χ3n) is 2.93. The number of halogens is 1. The Hall–Kier alpha value is -1.70. The number of ether oxygens (including phenoxy) is 2. The first-order valence-electron chi connectivity index (χ1n) is 6.62. The van der Waals surface area contributed by atoms with Crippen molar-refractivity contribution < 1.29 is 24.3 Å². The van der Waals surface area contributed by atoms with Crippen LogP contribution in [0.4, 0.5) is 4.79 Å². The Morgan fingerprint density at radius 2 is 1.91 bits per heavy atom. The summed E-state index contributed by atoms with van der Waals surface area (Å²) in [5.41, 5.74) is -0.427. The third-order valence-corrected chi connectivity index (χ3v) is 3.22. The molecule has 2 N–H and O–H groups in total. The molecule has 2 rings (SSSR count). The zero-order valence-electron chi connectivity index (χ0n) is 12.8. The summed E-state index contributed by atoms with van der Waals surface area (Å²) < 4.78 is 11.5. The van der Waals surface area contributed by atoms with Gasteiger partial charge in [-0.05, 0) is 32.9 Å². The second-order valence-electron chi connectivity index (χ2n) is 5.81. The molecule has 0 saturated heterocycles. The van der Waals surface area contributed by atoms with Crippen molar-refractivity contribution in [2.24, 2.45) is 0 Å². The van der Waals surface area contributed by atoms with E-state index in [-0.39, 0.29) is 10.6 Å². The first-order valence-corrected chi connectivity index (χ1v) is 7.00. The molecule has 0 aliphatic carbocycles. The lowest BCUT2D eigenvalue weighted by atomic mass is 9.86. The Bertz CT molecular complexity index is 720. The average molecular weight is 326 g/mol. The van der Waals surface area contributed by atoms with Crippen LogP contribution in [0.5, 0.6) is 5.75 Å². The van der Waals surface area contributed by atoms with Gasteiger partial charge in [-0.2, -0.15) is 0 Å². The number of nitrogens with zero attached hydrogens (tertiary/aromatic N) is 1. The number of rotatable bonds is 2. The van der Waals surface area contributed by atoms with E-state index in [1.54, 1.807) is 26.8 Å². The highest BCUT2D eigenvalue weighted by Crippen LogP contribution is 2.30. The fourth-order valence-corrected chi connectivity index (χ4v) is 2.41. The summed E-state index contributed by atoms with van der Waals surface area (Å²) in [7, 11) is -0.355. The molecular weight excluding hydrogens is 308 g/mol. The molecule has 0 spiro atoms. The first-order chi connectivity index (χ1) is 10.1. The Labute approximate surface area is 133 Å². The normalized spacial score (nSPS) is 11.6. The van der Waals surface area contributed by atoms with Crippen LogP contribution in [0.3, 0.4) is 0 Å². The van der Waals surface area contributed by atoms with Crippen molar-refractivity contribution in [3.05, 3.63) is 23.2 Å². The van der Waals surface area contributed by atoms with E-state index in [1.807, 2.05) is 0 Å². The van der Waals surface area contributed by atoms with Gasteiger partial charge in [0.25, 0.3) is 0 Å². The van der Waals surface area contributed by atoms with Crippen molar-refractivity contribution in [1.82, 2.24) is 4.57 Å². The van der Waals surface area contributed by atoms with E-state index in [9.17, 15) is 14.8 Å². The van der Waals surface area contributed by atoms with E-state index >= 15 is 0 Å². The van der Waals surface area contributed by atoms with Gasteiger partial charge in [-0.3, -0.25) is 4.57 Å². The molecule has 8 heteroatoms. The van der Waals surface area contributed by atoms with Crippen molar-refractivity contribution in [3.63, 3.8) is 0 Å². The first kappa shape index (κ1) is 16.7. The minimum absolute atomic E-state index is 0.0283. The lowest BCUT2D eigenvalue weighted by Gasteiger charge is -2.21. The molecular formula is C14H17BClNO5. The van der Waals surface area contributed by atoms with Crippen LogP contribution in [0.2, 0.25) is 5.02 Å². The fourth-order valence-electron chi connectivity index (χ4n) is 2.11. The van der Waals surface area contributed by atoms with Crippen molar-refractivity contribution in [2.75, 3.05) is 7.11 Å². The van der Waals surface area contributed by atoms with Crippen molar-refractivity contribution >= 4 is 41.3 Å². The van der Waals surface area contributed by atoms with Crippen LogP contribution in [0.1, 0.15) is 20.8 Å². The maximum Gasteiger partial charge on any atom is 0.506 e. The largest absolute Gasteiger partial charge is 0.506 e. The van der Waals surface area contributed by atoms with Crippen LogP contribution in [-0.4, -0.2) is 40.5 Å². The molecule has 0 saturated carbocycles. The summed E-state index contributed by atoms with van der Waals surface area (Å²) in [5.74, 6) is 0.498. The molecule has 0 amide bonds. The van der Waals surface area contributed by atoms with Gasteiger partial charge in [0.2, 0.25) is 0 Å². The van der Waals surface area contributed by atoms with Crippen LogP contribution in [0.15, 0.2) is 18.2 Å². The minimum Gasteiger partial charge on any atom is -0.497 e. The summed E-state index contributed by atoms with van der Waals surface area (Å²) in [6.07, 6.45) is -0.738. The fraction of sp³-hybridized carbons (Fsp3) is 0.357. The summed E-state index contributed by atoms with van der Waals surface area (Å²) in [4.78, 5) is 12.4. The van der Waals surface area contributed by atoms with Crippen LogP contribution in [0.25, 0.3) is 10.9 Å². The third kappa shape index (κ3) is 3.21. The molecule has 6 nitrogen and oxygen atoms in total. The highest BCUT2D eigenvalue weighted by Gasteiger charge is 2.28. The number of carbonyl (C=O) groups excluding carboxylic acids is 1. The van der Waals surface area contributed by atoms with Crippen molar-refractivity contribution in [2.45, 2.75) is 26.4 Å². The van der Waals surface area contributed by atoms with E-state index in [0.717, 1.165) is 4.57 Å². The average Bonchev–Trinajstić information content (AvgIpc) is 2.76. The van der Waals surface area contributed by atoms with E-state index in [2.05, 4.69) is 0 Å². The van der Waals surface area contributed by atoms with Crippen molar-refractivity contribution in [1.29, 1.82) is 0 Å². The minimum atomic E-state index is -1.85. The number of aromatic nitrogens is 1. The molecule has 1 heterocycles. The molecule has 0 fully saturated rings. The molecule has 0 aliphatic heterocycles. The Morgan fingerprint density at radius 3 is 2.41 bits per heavy atom. The van der Waals surface area contributed by atoms with E-state index in [0.29, 0.717) is 16.7 Å². The Balaban J connectivity index is 2.69. The molecule has 2 aromatic rings. The van der Waals surface area contributed by atoms with Gasteiger partial charge >= 0.3 is 13.2 Å². The molecule has 22 heavy (non-hydrogen) atoms. The maximum absolute atomic E-state index is 12.4. The van der Waals surface area contributed by atoms with Crippen LogP contribution < -0.4 is 10.3 Å². The van der Waals surface area contributed by atoms with Gasteiger partial charge in [0, 0.05) is 11.5 Å². The SMILES string of the molecule is COc1cc(Cl)c2c(c1)cc(B(O)O)n2C(=O)OC(C)(C)C. The summed E-state index contributed by atoms with van der Waals surface area (Å²) in [5, 5.41) is 19.8. The number of fused-ring (bicyclic) bond motifs is 1. The highest BCUT2D eigenvalue weighted by atomic mass is 35.5. The van der Waals surface area contributed by atoms with Gasteiger partial charge in [0.15, 0.2) is 0 Å². The van der Waals surface area contributed by atoms with Crippen LogP contribution in [-0.2, 0) is 4.74 Å². The number of methoxy groups -OCH3 is 1. The van der Waals surface area contributed by atoms with Gasteiger partial charge in [0.05, 0.1) is 23.2 Å². The summed E-state index contributed by atoms with van der Waals surface area (Å²) >= 11 is 6.21. The molecule has 0 atom stereocenters. The summed E-state index contributed by atoms with van der Waals surface area (Å²) in [6.45, 7) is 5.16. The molecule has 0 aliphatic rings. The molecule has 0 unspecified atom stereocenters. The lowest BCUT2D eigenvalue weighted by molar-refractivity contribution is 0.0547. The molecule has 1 aromatic carbocycles. The molecule has 0 bridgehead atoms. The molecule has 118 valence electrons.